The van der Waals surface area contributed by atoms with Crippen molar-refractivity contribution in [2.75, 3.05) is 30.3 Å². The monoisotopic (exact) mass is 444 g/mol. The summed E-state index contributed by atoms with van der Waals surface area (Å²) in [6.45, 7) is 12.2. The Hall–Kier alpha value is -3.47. The molecule has 0 bridgehead atoms. The van der Waals surface area contributed by atoms with E-state index in [1.807, 2.05) is 31.2 Å². The van der Waals surface area contributed by atoms with Crippen LogP contribution in [0.5, 0.6) is 11.5 Å². The highest BCUT2D eigenvalue weighted by molar-refractivity contribution is 5.92. The zero-order valence-electron chi connectivity index (χ0n) is 20.0. The van der Waals surface area contributed by atoms with Gasteiger partial charge in [0, 0.05) is 53.6 Å². The van der Waals surface area contributed by atoms with E-state index in [9.17, 15) is 4.79 Å². The van der Waals surface area contributed by atoms with Crippen LogP contribution in [0.1, 0.15) is 64.9 Å². The summed E-state index contributed by atoms with van der Waals surface area (Å²) >= 11 is 0. The molecule has 33 heavy (non-hydrogen) atoms. The maximum Gasteiger partial charge on any atom is 0.338 e. The van der Waals surface area contributed by atoms with Gasteiger partial charge in [-0.3, -0.25) is 0 Å². The number of aryl methyl sites for hydroxylation is 2. The standard InChI is InChI=1S/C28H32N2O3/c1-6-29-23-15-25-21(13-17(23)4)27(19-11-9-10-12-20(19)28(31)32-8-3)22-14-18(5)24(30-7-2)16-26(22)33-25/h9-16,27,29-30H,6-8H2,1-5H3. The molecule has 5 heteroatoms. The highest BCUT2D eigenvalue weighted by Crippen LogP contribution is 2.50. The Morgan fingerprint density at radius 2 is 1.39 bits per heavy atom. The maximum atomic E-state index is 12.9. The number of anilines is 2. The predicted octanol–water partition coefficient (Wildman–Crippen LogP) is 6.63. The number of rotatable bonds is 7. The van der Waals surface area contributed by atoms with Crippen LogP contribution < -0.4 is 15.4 Å². The smallest absolute Gasteiger partial charge is 0.338 e. The van der Waals surface area contributed by atoms with Crippen molar-refractivity contribution < 1.29 is 14.3 Å². The molecule has 0 atom stereocenters. The molecule has 3 aromatic carbocycles. The van der Waals surface area contributed by atoms with Crippen molar-refractivity contribution in [3.8, 4) is 11.5 Å². The lowest BCUT2D eigenvalue weighted by molar-refractivity contribution is 0.0525. The molecule has 1 heterocycles. The second-order valence-electron chi connectivity index (χ2n) is 8.31. The molecule has 5 nitrogen and oxygen atoms in total. The molecule has 0 spiro atoms. The van der Waals surface area contributed by atoms with Crippen LogP contribution in [-0.4, -0.2) is 25.7 Å². The Morgan fingerprint density at radius 3 is 1.91 bits per heavy atom. The van der Waals surface area contributed by atoms with E-state index in [2.05, 4.69) is 62.6 Å². The van der Waals surface area contributed by atoms with Crippen molar-refractivity contribution in [1.82, 2.24) is 0 Å². The summed E-state index contributed by atoms with van der Waals surface area (Å²) in [6, 6.07) is 16.2. The van der Waals surface area contributed by atoms with Gasteiger partial charge in [-0.15, -0.1) is 0 Å². The van der Waals surface area contributed by atoms with E-state index in [1.54, 1.807) is 0 Å². The number of hydrogen-bond donors (Lipinski definition) is 2. The van der Waals surface area contributed by atoms with E-state index in [4.69, 9.17) is 9.47 Å². The van der Waals surface area contributed by atoms with Crippen LogP contribution in [-0.2, 0) is 4.74 Å². The number of benzene rings is 3. The third-order valence-electron chi connectivity index (χ3n) is 6.06. The summed E-state index contributed by atoms with van der Waals surface area (Å²) in [4.78, 5) is 12.9. The minimum Gasteiger partial charge on any atom is -0.462 e. The lowest BCUT2D eigenvalue weighted by Crippen LogP contribution is -2.17. The SMILES string of the molecule is CCNc1cc2c(cc1C)C(c1ccccc1C(=O)OCC)c1cc(C)c(NCC)cc1O2. The Kier molecular flexibility index (Phi) is 6.59. The second-order valence-corrected chi connectivity index (χ2v) is 8.31. The Bertz CT molecular complexity index is 1120. The zero-order valence-corrected chi connectivity index (χ0v) is 20.0. The maximum absolute atomic E-state index is 12.9. The summed E-state index contributed by atoms with van der Waals surface area (Å²) in [5.74, 6) is 1.16. The molecule has 0 fully saturated rings. The molecule has 0 aromatic heterocycles. The molecule has 0 saturated carbocycles. The van der Waals surface area contributed by atoms with Gasteiger partial charge in [0.25, 0.3) is 0 Å². The molecule has 0 aliphatic carbocycles. The number of fused-ring (bicyclic) bond motifs is 2. The van der Waals surface area contributed by atoms with Gasteiger partial charge >= 0.3 is 5.97 Å². The van der Waals surface area contributed by atoms with Gasteiger partial charge in [0.05, 0.1) is 12.2 Å². The van der Waals surface area contributed by atoms with E-state index >= 15 is 0 Å². The first-order valence-electron chi connectivity index (χ1n) is 11.7. The summed E-state index contributed by atoms with van der Waals surface area (Å²) in [5.41, 5.74) is 8.00. The summed E-state index contributed by atoms with van der Waals surface area (Å²) < 4.78 is 11.9. The van der Waals surface area contributed by atoms with Gasteiger partial charge in [0.2, 0.25) is 0 Å². The van der Waals surface area contributed by atoms with E-state index < -0.39 is 0 Å². The summed E-state index contributed by atoms with van der Waals surface area (Å²) in [5, 5.41) is 6.85. The third-order valence-corrected chi connectivity index (χ3v) is 6.06. The van der Waals surface area contributed by atoms with Gasteiger partial charge in [0.1, 0.15) is 11.5 Å². The molecule has 0 unspecified atom stereocenters. The van der Waals surface area contributed by atoms with Crippen molar-refractivity contribution in [3.05, 3.63) is 81.9 Å². The minimum atomic E-state index is -0.301. The average molecular weight is 445 g/mol. The van der Waals surface area contributed by atoms with Crippen LogP contribution >= 0.6 is 0 Å². The molecule has 0 radical (unpaired) electrons. The van der Waals surface area contributed by atoms with Crippen LogP contribution in [0.25, 0.3) is 0 Å². The van der Waals surface area contributed by atoms with Crippen LogP contribution in [0.4, 0.5) is 11.4 Å². The van der Waals surface area contributed by atoms with Crippen molar-refractivity contribution in [2.45, 2.75) is 40.5 Å². The van der Waals surface area contributed by atoms with Crippen molar-refractivity contribution in [1.29, 1.82) is 0 Å². The minimum absolute atomic E-state index is 0.145. The number of carbonyl (C=O) groups is 1. The van der Waals surface area contributed by atoms with Crippen molar-refractivity contribution >= 4 is 17.3 Å². The normalized spacial score (nSPS) is 12.4. The predicted molar refractivity (Wildman–Crippen MR) is 134 cm³/mol. The fraction of sp³-hybridized carbons (Fsp3) is 0.321. The molecule has 1 aliphatic heterocycles. The number of hydrogen-bond acceptors (Lipinski definition) is 5. The zero-order chi connectivity index (χ0) is 23.5. The third kappa shape index (κ3) is 4.28. The van der Waals surface area contributed by atoms with Gasteiger partial charge in [-0.1, -0.05) is 18.2 Å². The molecule has 2 N–H and O–H groups in total. The number of carbonyl (C=O) groups excluding carboxylic acids is 1. The second kappa shape index (κ2) is 9.57. The average Bonchev–Trinajstić information content (AvgIpc) is 2.80. The van der Waals surface area contributed by atoms with Crippen LogP contribution in [0.3, 0.4) is 0 Å². The van der Waals surface area contributed by atoms with Gasteiger partial charge in [-0.25, -0.2) is 4.79 Å². The quantitative estimate of drug-likeness (QED) is 0.313. The molecule has 172 valence electrons. The Morgan fingerprint density at radius 1 is 0.848 bits per heavy atom. The van der Waals surface area contributed by atoms with E-state index in [1.165, 1.54) is 0 Å². The summed E-state index contributed by atoms with van der Waals surface area (Å²) in [6.07, 6.45) is 0. The van der Waals surface area contributed by atoms with E-state index in [0.717, 1.165) is 63.8 Å². The van der Waals surface area contributed by atoms with Crippen LogP contribution in [0, 0.1) is 13.8 Å². The molecular weight excluding hydrogens is 412 g/mol. The first kappa shape index (κ1) is 22.7. The summed E-state index contributed by atoms with van der Waals surface area (Å²) in [7, 11) is 0. The first-order valence-corrected chi connectivity index (χ1v) is 11.7. The van der Waals surface area contributed by atoms with Crippen LogP contribution in [0.15, 0.2) is 48.5 Å². The Balaban J connectivity index is 1.97. The number of esters is 1. The van der Waals surface area contributed by atoms with E-state index in [0.29, 0.717) is 12.2 Å². The molecule has 0 amide bonds. The molecule has 4 rings (SSSR count). The van der Waals surface area contributed by atoms with Crippen molar-refractivity contribution in [2.24, 2.45) is 0 Å². The van der Waals surface area contributed by atoms with Gasteiger partial charge in [-0.2, -0.15) is 0 Å². The van der Waals surface area contributed by atoms with E-state index in [-0.39, 0.29) is 11.9 Å². The Labute approximate surface area is 196 Å². The highest BCUT2D eigenvalue weighted by atomic mass is 16.5. The number of nitrogens with one attached hydrogen (secondary N) is 2. The molecule has 3 aromatic rings. The topological polar surface area (TPSA) is 59.6 Å². The molecule has 1 aliphatic rings. The lowest BCUT2D eigenvalue weighted by Gasteiger charge is -2.31. The molecular formula is C28H32N2O3. The largest absolute Gasteiger partial charge is 0.462 e. The van der Waals surface area contributed by atoms with Crippen LogP contribution in [0.2, 0.25) is 0 Å². The van der Waals surface area contributed by atoms with Gasteiger partial charge in [-0.05, 0) is 69.5 Å². The fourth-order valence-electron chi connectivity index (χ4n) is 4.58. The first-order chi connectivity index (χ1) is 16.0. The molecule has 0 saturated heterocycles. The van der Waals surface area contributed by atoms with Gasteiger partial charge in [0.15, 0.2) is 0 Å². The fourth-order valence-corrected chi connectivity index (χ4v) is 4.58. The number of ether oxygens (including phenoxy) is 2. The highest BCUT2D eigenvalue weighted by Gasteiger charge is 2.33. The van der Waals surface area contributed by atoms with Gasteiger partial charge < -0.3 is 20.1 Å². The van der Waals surface area contributed by atoms with Crippen molar-refractivity contribution in [3.63, 3.8) is 0 Å². The lowest BCUT2D eigenvalue weighted by atomic mass is 9.79.